The van der Waals surface area contributed by atoms with Crippen LogP contribution in [0.1, 0.15) is 47.0 Å². The second kappa shape index (κ2) is 9.35. The van der Waals surface area contributed by atoms with Gasteiger partial charge in [-0.1, -0.05) is 20.8 Å². The van der Waals surface area contributed by atoms with Gasteiger partial charge in [-0.05, 0) is 37.2 Å². The summed E-state index contributed by atoms with van der Waals surface area (Å²) in [4.78, 5) is 41.1. The number of aliphatic hydroxyl groups excluding tert-OH is 4. The maximum absolute atomic E-state index is 14.4. The third kappa shape index (κ3) is 3.59. The van der Waals surface area contributed by atoms with Gasteiger partial charge >= 0.3 is 5.97 Å². The summed E-state index contributed by atoms with van der Waals surface area (Å²) in [5.74, 6) is -2.39. The van der Waals surface area contributed by atoms with Gasteiger partial charge in [0.05, 0.1) is 20.1 Å². The molecule has 2 heterocycles. The van der Waals surface area contributed by atoms with Gasteiger partial charge in [-0.25, -0.2) is 0 Å². The lowest BCUT2D eigenvalue weighted by molar-refractivity contribution is -0.313. The number of allylic oxidation sites excluding steroid dienone is 2. The molecule has 4 fully saturated rings. The van der Waals surface area contributed by atoms with Crippen molar-refractivity contribution in [3.05, 3.63) is 11.3 Å². The minimum absolute atomic E-state index is 0.0881. The van der Waals surface area contributed by atoms with Gasteiger partial charge in [-0.15, -0.1) is 0 Å². The maximum atomic E-state index is 14.4. The molecule has 2 aliphatic heterocycles. The number of ether oxygens (including phenoxy) is 4. The number of esters is 1. The van der Waals surface area contributed by atoms with Crippen LogP contribution in [-0.2, 0) is 33.3 Å². The van der Waals surface area contributed by atoms with Crippen LogP contribution in [0.15, 0.2) is 11.3 Å². The lowest BCUT2D eigenvalue weighted by Gasteiger charge is -2.65. The van der Waals surface area contributed by atoms with E-state index in [1.807, 2.05) is 13.8 Å². The van der Waals surface area contributed by atoms with Crippen LogP contribution in [0.2, 0.25) is 0 Å². The highest BCUT2D eigenvalue weighted by Crippen LogP contribution is 2.67. The van der Waals surface area contributed by atoms with Crippen LogP contribution in [0.4, 0.5) is 0 Å². The topological polar surface area (TPSA) is 169 Å². The zero-order chi connectivity index (χ0) is 27.9. The molecule has 0 aromatic carbocycles. The SMILES string of the molecule is COC1=C(C)[C@@H]2CC(=O)O[C@@H]3C[C@H]4[C@H](C)C[C@H](O[C@@H]5O[C@H](CO)[C@@H](O)[C@H](O)[C@H]5O)C(=O)[C@]4(C)[C@@H](C1=O)[C@@]32C. The smallest absolute Gasteiger partial charge is 0.306 e. The Bertz CT molecular complexity index is 1050. The fraction of sp³-hybridized carbons (Fsp3) is 0.815. The van der Waals surface area contributed by atoms with E-state index in [2.05, 4.69) is 0 Å². The number of fused-ring (bicyclic) bond motifs is 2. The Labute approximate surface area is 221 Å². The number of carbonyl (C=O) groups is 3. The number of aliphatic hydroxyl groups is 4. The van der Waals surface area contributed by atoms with Crippen molar-refractivity contribution in [3.8, 4) is 0 Å². The molecule has 5 aliphatic rings. The van der Waals surface area contributed by atoms with Crippen molar-refractivity contribution in [2.24, 2.45) is 34.5 Å². The molecule has 3 aliphatic carbocycles. The fourth-order valence-electron chi connectivity index (χ4n) is 8.45. The van der Waals surface area contributed by atoms with Crippen molar-refractivity contribution in [2.45, 2.75) is 89.9 Å². The van der Waals surface area contributed by atoms with E-state index in [1.54, 1.807) is 13.8 Å². The quantitative estimate of drug-likeness (QED) is 0.278. The largest absolute Gasteiger partial charge is 0.493 e. The van der Waals surface area contributed by atoms with Crippen LogP contribution in [0.3, 0.4) is 0 Å². The Morgan fingerprint density at radius 2 is 1.74 bits per heavy atom. The third-order valence-electron chi connectivity index (χ3n) is 10.4. The normalized spacial score (nSPS) is 50.8. The average Bonchev–Trinajstić information content (AvgIpc) is 2.86. The van der Waals surface area contributed by atoms with Gasteiger partial charge in [-0.2, -0.15) is 0 Å². The highest BCUT2D eigenvalue weighted by Gasteiger charge is 2.72. The molecule has 0 amide bonds. The standard InChI is InChI=1S/C27H38O11/c1-10-6-14(36-25-20(32)19(31)18(30)15(9-28)37-25)24(34)27(4)12(10)7-16-26(3)13(8-17(29)38-16)11(2)22(35-5)21(33)23(26)27/h10,12-16,18-20,23,25,28,30-32H,6-9H2,1-5H3/t10-,12+,13+,14+,15-,16-,18-,19+,20-,23+,25-,26-,27+/m1/s1. The summed E-state index contributed by atoms with van der Waals surface area (Å²) in [5.41, 5.74) is -1.35. The van der Waals surface area contributed by atoms with Crippen LogP contribution in [-0.4, -0.2) is 94.6 Å². The first-order chi connectivity index (χ1) is 17.8. The molecule has 11 nitrogen and oxygen atoms in total. The molecule has 212 valence electrons. The fourth-order valence-corrected chi connectivity index (χ4v) is 8.45. The van der Waals surface area contributed by atoms with Crippen molar-refractivity contribution < 1.29 is 53.8 Å². The van der Waals surface area contributed by atoms with Crippen LogP contribution in [0, 0.1) is 34.5 Å². The zero-order valence-corrected chi connectivity index (χ0v) is 22.3. The Morgan fingerprint density at radius 1 is 1.05 bits per heavy atom. The number of hydrogen-bond donors (Lipinski definition) is 4. The zero-order valence-electron chi connectivity index (χ0n) is 22.3. The lowest BCUT2D eigenvalue weighted by atomic mass is 9.39. The van der Waals surface area contributed by atoms with Crippen molar-refractivity contribution in [1.29, 1.82) is 0 Å². The van der Waals surface area contributed by atoms with E-state index in [-0.39, 0.29) is 53.9 Å². The first kappa shape index (κ1) is 27.7. The molecule has 0 bridgehead atoms. The third-order valence-corrected chi connectivity index (χ3v) is 10.4. The highest BCUT2D eigenvalue weighted by molar-refractivity contribution is 6.04. The molecule has 0 unspecified atom stereocenters. The van der Waals surface area contributed by atoms with Crippen molar-refractivity contribution in [2.75, 3.05) is 13.7 Å². The van der Waals surface area contributed by atoms with E-state index in [0.717, 1.165) is 0 Å². The molecule has 0 aromatic heterocycles. The minimum Gasteiger partial charge on any atom is -0.493 e. The molecule has 13 atom stereocenters. The van der Waals surface area contributed by atoms with Crippen LogP contribution in [0.25, 0.3) is 0 Å². The summed E-state index contributed by atoms with van der Waals surface area (Å²) in [5, 5.41) is 40.4. The summed E-state index contributed by atoms with van der Waals surface area (Å²) >= 11 is 0. The summed E-state index contributed by atoms with van der Waals surface area (Å²) in [6, 6.07) is 0. The highest BCUT2D eigenvalue weighted by atomic mass is 16.7. The molecule has 11 heteroatoms. The van der Waals surface area contributed by atoms with Crippen molar-refractivity contribution in [3.63, 3.8) is 0 Å². The summed E-state index contributed by atoms with van der Waals surface area (Å²) in [6.07, 6.45) is -8.35. The van der Waals surface area contributed by atoms with Gasteiger partial charge in [0.15, 0.2) is 17.8 Å². The molecule has 5 rings (SSSR count). The predicted octanol–water partition coefficient (Wildman–Crippen LogP) is -0.136. The molecule has 2 saturated carbocycles. The summed E-state index contributed by atoms with van der Waals surface area (Å²) < 4.78 is 22.9. The van der Waals surface area contributed by atoms with Gasteiger partial charge in [0.2, 0.25) is 5.78 Å². The van der Waals surface area contributed by atoms with E-state index in [1.165, 1.54) is 7.11 Å². The Kier molecular flexibility index (Phi) is 6.81. The molecule has 0 radical (unpaired) electrons. The van der Waals surface area contributed by atoms with Crippen molar-refractivity contribution >= 4 is 17.5 Å². The minimum atomic E-state index is -1.65. The molecule has 0 aromatic rings. The second-order valence-electron chi connectivity index (χ2n) is 12.1. The number of carbonyl (C=O) groups excluding carboxylic acids is 3. The van der Waals surface area contributed by atoms with Gasteiger partial charge in [0.25, 0.3) is 0 Å². The van der Waals surface area contributed by atoms with Crippen LogP contribution >= 0.6 is 0 Å². The summed E-state index contributed by atoms with van der Waals surface area (Å²) in [7, 11) is 1.41. The molecule has 0 spiro atoms. The molecular formula is C27H38O11. The van der Waals surface area contributed by atoms with Gasteiger partial charge in [-0.3, -0.25) is 14.4 Å². The van der Waals surface area contributed by atoms with E-state index >= 15 is 0 Å². The van der Waals surface area contributed by atoms with E-state index < -0.39 is 66.3 Å². The number of Topliss-reactive ketones (excluding diaryl/α,β-unsaturated/α-hetero) is 2. The van der Waals surface area contributed by atoms with Crippen LogP contribution < -0.4 is 0 Å². The molecule has 4 N–H and O–H groups in total. The monoisotopic (exact) mass is 538 g/mol. The predicted molar refractivity (Wildman–Crippen MR) is 128 cm³/mol. The summed E-state index contributed by atoms with van der Waals surface area (Å²) in [6.45, 7) is 6.83. The molecular weight excluding hydrogens is 500 g/mol. The van der Waals surface area contributed by atoms with E-state index in [0.29, 0.717) is 12.0 Å². The first-order valence-corrected chi connectivity index (χ1v) is 13.3. The average molecular weight is 539 g/mol. The number of methoxy groups -OCH3 is 1. The Hall–Kier alpha value is -1.89. The Morgan fingerprint density at radius 3 is 2.37 bits per heavy atom. The number of rotatable bonds is 4. The van der Waals surface area contributed by atoms with Gasteiger partial charge in [0.1, 0.15) is 36.6 Å². The first-order valence-electron chi connectivity index (χ1n) is 13.3. The van der Waals surface area contributed by atoms with Gasteiger partial charge in [0, 0.05) is 22.7 Å². The van der Waals surface area contributed by atoms with Gasteiger partial charge < -0.3 is 39.4 Å². The number of hydrogen-bond acceptors (Lipinski definition) is 11. The lowest BCUT2D eigenvalue weighted by Crippen LogP contribution is -2.71. The molecule has 38 heavy (non-hydrogen) atoms. The second-order valence-corrected chi connectivity index (χ2v) is 12.1. The molecule has 2 saturated heterocycles. The van der Waals surface area contributed by atoms with Crippen molar-refractivity contribution in [1.82, 2.24) is 0 Å². The Balaban J connectivity index is 1.54. The van der Waals surface area contributed by atoms with E-state index in [4.69, 9.17) is 18.9 Å². The maximum Gasteiger partial charge on any atom is 0.306 e. The van der Waals surface area contributed by atoms with Crippen LogP contribution in [0.5, 0.6) is 0 Å². The number of ketones is 2. The van der Waals surface area contributed by atoms with E-state index in [9.17, 15) is 34.8 Å².